The summed E-state index contributed by atoms with van der Waals surface area (Å²) >= 11 is 1.56. The molecule has 3 aromatic rings. The number of aromatic nitrogens is 3. The minimum absolute atomic E-state index is 0.677. The number of thioether (sulfide) groups is 1. The number of para-hydroxylation sites is 1. The van der Waals surface area contributed by atoms with Gasteiger partial charge in [-0.25, -0.2) is 9.67 Å². The maximum atomic E-state index is 8.89. The normalized spacial score (nSPS) is 10.2. The monoisotopic (exact) mass is 292 g/mol. The van der Waals surface area contributed by atoms with Gasteiger partial charge in [-0.05, 0) is 29.8 Å². The first-order valence-electron chi connectivity index (χ1n) is 6.44. The van der Waals surface area contributed by atoms with Crippen LogP contribution in [-0.2, 0) is 5.75 Å². The number of nitrogens with zero attached hydrogens (tertiary/aromatic N) is 4. The molecule has 0 saturated carbocycles. The Morgan fingerprint density at radius 1 is 1.10 bits per heavy atom. The first kappa shape index (κ1) is 13.4. The van der Waals surface area contributed by atoms with Crippen molar-refractivity contribution in [2.75, 3.05) is 0 Å². The number of hydrogen-bond donors (Lipinski definition) is 0. The van der Waals surface area contributed by atoms with Gasteiger partial charge in [0.15, 0.2) is 0 Å². The van der Waals surface area contributed by atoms with E-state index in [1.54, 1.807) is 28.8 Å². The molecule has 0 aliphatic rings. The zero-order valence-corrected chi connectivity index (χ0v) is 12.0. The third-order valence-electron chi connectivity index (χ3n) is 2.92. The number of nitriles is 1. The standard InChI is InChI=1S/C16H12N4S/c17-10-13-5-4-6-14(9-13)11-21-16-18-12-20(19-16)15-7-2-1-3-8-15/h1-9,12H,11H2. The van der Waals surface area contributed by atoms with Crippen LogP contribution in [-0.4, -0.2) is 14.8 Å². The second-order valence-electron chi connectivity index (χ2n) is 4.41. The van der Waals surface area contributed by atoms with E-state index in [1.165, 1.54) is 0 Å². The van der Waals surface area contributed by atoms with Gasteiger partial charge in [-0.2, -0.15) is 5.26 Å². The maximum absolute atomic E-state index is 8.89. The highest BCUT2D eigenvalue weighted by atomic mass is 32.2. The van der Waals surface area contributed by atoms with Crippen LogP contribution < -0.4 is 0 Å². The Balaban J connectivity index is 1.69. The molecule has 3 rings (SSSR count). The third-order valence-corrected chi connectivity index (χ3v) is 3.84. The summed E-state index contributed by atoms with van der Waals surface area (Å²) < 4.78 is 1.76. The van der Waals surface area contributed by atoms with E-state index < -0.39 is 0 Å². The van der Waals surface area contributed by atoms with Crippen molar-refractivity contribution in [3.8, 4) is 11.8 Å². The lowest BCUT2D eigenvalue weighted by Crippen LogP contribution is -1.93. The fourth-order valence-electron chi connectivity index (χ4n) is 1.90. The van der Waals surface area contributed by atoms with Crippen molar-refractivity contribution in [2.24, 2.45) is 0 Å². The van der Waals surface area contributed by atoms with E-state index in [0.717, 1.165) is 22.2 Å². The smallest absolute Gasteiger partial charge is 0.209 e. The molecule has 0 N–H and O–H groups in total. The average molecular weight is 292 g/mol. The summed E-state index contributed by atoms with van der Waals surface area (Å²) in [5.41, 5.74) is 2.76. The number of rotatable bonds is 4. The van der Waals surface area contributed by atoms with Crippen LogP contribution in [0, 0.1) is 11.3 Å². The van der Waals surface area contributed by atoms with E-state index >= 15 is 0 Å². The number of hydrogen-bond acceptors (Lipinski definition) is 4. The molecule has 0 saturated heterocycles. The van der Waals surface area contributed by atoms with Gasteiger partial charge >= 0.3 is 0 Å². The van der Waals surface area contributed by atoms with Gasteiger partial charge in [-0.3, -0.25) is 0 Å². The molecule has 0 amide bonds. The lowest BCUT2D eigenvalue weighted by molar-refractivity contribution is 0.834. The molecule has 0 spiro atoms. The van der Waals surface area contributed by atoms with E-state index in [4.69, 9.17) is 5.26 Å². The van der Waals surface area contributed by atoms with Crippen LogP contribution in [0.3, 0.4) is 0 Å². The Hall–Kier alpha value is -2.58. The van der Waals surface area contributed by atoms with E-state index in [1.807, 2.05) is 48.5 Å². The third kappa shape index (κ3) is 3.30. The van der Waals surface area contributed by atoms with Crippen LogP contribution in [0.25, 0.3) is 5.69 Å². The molecule has 0 bridgehead atoms. The molecule has 0 atom stereocenters. The van der Waals surface area contributed by atoms with E-state index in [2.05, 4.69) is 16.2 Å². The quantitative estimate of drug-likeness (QED) is 0.691. The minimum atomic E-state index is 0.677. The van der Waals surface area contributed by atoms with Gasteiger partial charge in [-0.1, -0.05) is 42.1 Å². The van der Waals surface area contributed by atoms with Gasteiger partial charge in [0.05, 0.1) is 17.3 Å². The van der Waals surface area contributed by atoms with Crippen molar-refractivity contribution in [1.29, 1.82) is 5.26 Å². The predicted octanol–water partition coefficient (Wildman–Crippen LogP) is 3.43. The van der Waals surface area contributed by atoms with Gasteiger partial charge in [0.25, 0.3) is 0 Å². The first-order valence-corrected chi connectivity index (χ1v) is 7.42. The van der Waals surface area contributed by atoms with Crippen LogP contribution in [0.5, 0.6) is 0 Å². The summed E-state index contributed by atoms with van der Waals surface area (Å²) in [6.45, 7) is 0. The lowest BCUT2D eigenvalue weighted by Gasteiger charge is -2.00. The fraction of sp³-hybridized carbons (Fsp3) is 0.0625. The summed E-state index contributed by atoms with van der Waals surface area (Å²) in [6.07, 6.45) is 1.71. The molecule has 0 aliphatic heterocycles. The molecule has 0 fully saturated rings. The van der Waals surface area contributed by atoms with Crippen molar-refractivity contribution < 1.29 is 0 Å². The zero-order valence-electron chi connectivity index (χ0n) is 11.2. The summed E-state index contributed by atoms with van der Waals surface area (Å²) in [7, 11) is 0. The van der Waals surface area contributed by atoms with Crippen LogP contribution in [0.4, 0.5) is 0 Å². The minimum Gasteiger partial charge on any atom is -0.220 e. The van der Waals surface area contributed by atoms with Crippen LogP contribution in [0.2, 0.25) is 0 Å². The van der Waals surface area contributed by atoms with Crippen LogP contribution in [0.1, 0.15) is 11.1 Å². The maximum Gasteiger partial charge on any atom is 0.209 e. The van der Waals surface area contributed by atoms with Crippen LogP contribution in [0.15, 0.2) is 66.1 Å². The van der Waals surface area contributed by atoms with Gasteiger partial charge in [0, 0.05) is 5.75 Å². The first-order chi connectivity index (χ1) is 10.3. The lowest BCUT2D eigenvalue weighted by atomic mass is 10.2. The van der Waals surface area contributed by atoms with Crippen molar-refractivity contribution in [3.63, 3.8) is 0 Å². The summed E-state index contributed by atoms with van der Waals surface area (Å²) in [5, 5.41) is 14.1. The second-order valence-corrected chi connectivity index (χ2v) is 5.35. The van der Waals surface area contributed by atoms with Gasteiger partial charge in [0.1, 0.15) is 6.33 Å². The van der Waals surface area contributed by atoms with Gasteiger partial charge in [0.2, 0.25) is 5.16 Å². The molecule has 102 valence electrons. The molecule has 2 aromatic carbocycles. The average Bonchev–Trinajstić information content (AvgIpc) is 3.03. The summed E-state index contributed by atoms with van der Waals surface area (Å²) in [5.74, 6) is 0.744. The molecule has 0 aliphatic carbocycles. The molecule has 5 heteroatoms. The molecule has 1 aromatic heterocycles. The molecule has 4 nitrogen and oxygen atoms in total. The SMILES string of the molecule is N#Cc1cccc(CSc2ncn(-c3ccccc3)n2)c1. The highest BCUT2D eigenvalue weighted by Gasteiger charge is 2.04. The molecular formula is C16H12N4S. The van der Waals surface area contributed by atoms with Crippen molar-refractivity contribution in [3.05, 3.63) is 72.1 Å². The Bertz CT molecular complexity index is 774. The molecule has 0 radical (unpaired) electrons. The Morgan fingerprint density at radius 2 is 1.95 bits per heavy atom. The number of benzene rings is 2. The molecule has 21 heavy (non-hydrogen) atoms. The largest absolute Gasteiger partial charge is 0.220 e. The molecular weight excluding hydrogens is 280 g/mol. The van der Waals surface area contributed by atoms with E-state index in [-0.39, 0.29) is 0 Å². The highest BCUT2D eigenvalue weighted by molar-refractivity contribution is 7.98. The molecule has 0 unspecified atom stereocenters. The van der Waals surface area contributed by atoms with Gasteiger partial charge < -0.3 is 0 Å². The summed E-state index contributed by atoms with van der Waals surface area (Å²) in [6, 6.07) is 19.6. The Morgan fingerprint density at radius 3 is 2.76 bits per heavy atom. The van der Waals surface area contributed by atoms with Crippen molar-refractivity contribution >= 4 is 11.8 Å². The van der Waals surface area contributed by atoms with Crippen molar-refractivity contribution in [2.45, 2.75) is 10.9 Å². The second kappa shape index (κ2) is 6.25. The summed E-state index contributed by atoms with van der Waals surface area (Å²) in [4.78, 5) is 4.30. The highest BCUT2D eigenvalue weighted by Crippen LogP contribution is 2.20. The van der Waals surface area contributed by atoms with Crippen LogP contribution >= 0.6 is 11.8 Å². The van der Waals surface area contributed by atoms with E-state index in [9.17, 15) is 0 Å². The Kier molecular flexibility index (Phi) is 3.99. The Labute approximate surface area is 127 Å². The molecule has 1 heterocycles. The van der Waals surface area contributed by atoms with Gasteiger partial charge in [-0.15, -0.1) is 5.10 Å². The zero-order chi connectivity index (χ0) is 14.5. The predicted molar refractivity (Wildman–Crippen MR) is 82.1 cm³/mol. The van der Waals surface area contributed by atoms with E-state index in [0.29, 0.717) is 5.56 Å². The van der Waals surface area contributed by atoms with Crippen molar-refractivity contribution in [1.82, 2.24) is 14.8 Å². The topological polar surface area (TPSA) is 54.5 Å². The fourth-order valence-corrected chi connectivity index (χ4v) is 2.64.